The van der Waals surface area contributed by atoms with E-state index in [2.05, 4.69) is 16.3 Å². The molecule has 2 unspecified atom stereocenters. The molecular weight excluding hydrogens is 364 g/mol. The molecule has 154 valence electrons. The van der Waals surface area contributed by atoms with Crippen molar-refractivity contribution in [2.45, 2.75) is 57.3 Å². The second-order valence-corrected chi connectivity index (χ2v) is 8.19. The van der Waals surface area contributed by atoms with Gasteiger partial charge in [0.15, 0.2) is 0 Å². The lowest BCUT2D eigenvalue weighted by atomic mass is 9.95. The van der Waals surface area contributed by atoms with E-state index >= 15 is 0 Å². The van der Waals surface area contributed by atoms with Crippen molar-refractivity contribution in [2.75, 3.05) is 14.2 Å². The van der Waals surface area contributed by atoms with E-state index in [1.54, 1.807) is 14.2 Å². The largest absolute Gasteiger partial charge is 0.497 e. The van der Waals surface area contributed by atoms with Crippen LogP contribution in [0.2, 0.25) is 0 Å². The molecule has 2 bridgehead atoms. The molecule has 2 aromatic carbocycles. The molecule has 0 aromatic heterocycles. The number of nitrogens with one attached hydrogen (secondary N) is 1. The Hall–Kier alpha value is -2.53. The number of nitrogens with zero attached hydrogens (tertiary/aromatic N) is 1. The lowest BCUT2D eigenvalue weighted by molar-refractivity contribution is 0.0825. The quantitative estimate of drug-likeness (QED) is 0.806. The van der Waals surface area contributed by atoms with Crippen molar-refractivity contribution in [1.82, 2.24) is 10.2 Å². The Labute approximate surface area is 173 Å². The van der Waals surface area contributed by atoms with Gasteiger partial charge in [-0.3, -0.25) is 9.69 Å². The van der Waals surface area contributed by atoms with Crippen LogP contribution in [0.5, 0.6) is 11.5 Å². The minimum absolute atomic E-state index is 0.0513. The van der Waals surface area contributed by atoms with Crippen molar-refractivity contribution in [3.8, 4) is 11.5 Å². The molecule has 2 heterocycles. The number of methoxy groups -OCH3 is 2. The number of carbonyl (C=O) groups excluding carboxylic acids is 1. The predicted octanol–water partition coefficient (Wildman–Crippen LogP) is 3.94. The van der Waals surface area contributed by atoms with Crippen LogP contribution in [-0.4, -0.2) is 43.2 Å². The highest BCUT2D eigenvalue weighted by Crippen LogP contribution is 2.38. The van der Waals surface area contributed by atoms with Crippen LogP contribution < -0.4 is 14.8 Å². The molecule has 0 radical (unpaired) electrons. The first-order valence-corrected chi connectivity index (χ1v) is 10.4. The average molecular weight is 395 g/mol. The maximum Gasteiger partial charge on any atom is 0.251 e. The number of ether oxygens (including phenoxy) is 2. The SMILES string of the molecule is COc1ccc(OC)c(CN2C3CCC2CC(NC(=O)c2ccccc2C)C3)c1. The Bertz CT molecular complexity index is 868. The van der Waals surface area contributed by atoms with Crippen molar-refractivity contribution in [1.29, 1.82) is 0 Å². The highest BCUT2D eigenvalue weighted by molar-refractivity contribution is 5.95. The van der Waals surface area contributed by atoms with Gasteiger partial charge in [0, 0.05) is 35.8 Å². The van der Waals surface area contributed by atoms with Crippen LogP contribution in [0.1, 0.15) is 47.2 Å². The third-order valence-electron chi connectivity index (χ3n) is 6.45. The smallest absolute Gasteiger partial charge is 0.251 e. The van der Waals surface area contributed by atoms with Crippen LogP contribution in [0, 0.1) is 6.92 Å². The van der Waals surface area contributed by atoms with Gasteiger partial charge in [0.1, 0.15) is 11.5 Å². The van der Waals surface area contributed by atoms with Gasteiger partial charge in [-0.1, -0.05) is 18.2 Å². The minimum Gasteiger partial charge on any atom is -0.497 e. The Balaban J connectivity index is 1.43. The first-order chi connectivity index (χ1) is 14.1. The molecule has 0 saturated carbocycles. The third-order valence-corrected chi connectivity index (χ3v) is 6.45. The third kappa shape index (κ3) is 4.10. The number of aryl methyl sites for hydroxylation is 1. The summed E-state index contributed by atoms with van der Waals surface area (Å²) in [5.41, 5.74) is 2.96. The zero-order valence-corrected chi connectivity index (χ0v) is 17.5. The molecule has 2 atom stereocenters. The maximum absolute atomic E-state index is 12.7. The molecule has 4 rings (SSSR count). The summed E-state index contributed by atoms with van der Waals surface area (Å²) < 4.78 is 11.0. The fraction of sp³-hybridized carbons (Fsp3) is 0.458. The molecule has 2 fully saturated rings. The van der Waals surface area contributed by atoms with Gasteiger partial charge in [-0.15, -0.1) is 0 Å². The zero-order valence-electron chi connectivity index (χ0n) is 17.5. The Morgan fingerprint density at radius 3 is 2.45 bits per heavy atom. The van der Waals surface area contributed by atoms with Gasteiger partial charge in [0.2, 0.25) is 0 Å². The van der Waals surface area contributed by atoms with E-state index in [9.17, 15) is 4.79 Å². The van der Waals surface area contributed by atoms with Gasteiger partial charge in [-0.2, -0.15) is 0 Å². The van der Waals surface area contributed by atoms with Crippen molar-refractivity contribution in [2.24, 2.45) is 0 Å². The summed E-state index contributed by atoms with van der Waals surface area (Å²) in [5.74, 6) is 1.81. The van der Waals surface area contributed by atoms with Gasteiger partial charge < -0.3 is 14.8 Å². The number of amides is 1. The van der Waals surface area contributed by atoms with Gasteiger partial charge in [0.05, 0.1) is 14.2 Å². The van der Waals surface area contributed by atoms with Gasteiger partial charge in [0.25, 0.3) is 5.91 Å². The molecule has 0 spiro atoms. The van der Waals surface area contributed by atoms with Crippen LogP contribution in [0.3, 0.4) is 0 Å². The zero-order chi connectivity index (χ0) is 20.4. The summed E-state index contributed by atoms with van der Waals surface area (Å²) in [4.78, 5) is 15.3. The number of rotatable bonds is 6. The van der Waals surface area contributed by atoms with E-state index in [-0.39, 0.29) is 11.9 Å². The summed E-state index contributed by atoms with van der Waals surface area (Å²) in [6.45, 7) is 2.84. The molecule has 5 heteroatoms. The highest BCUT2D eigenvalue weighted by Gasteiger charge is 2.41. The normalized spacial score (nSPS) is 23.6. The molecule has 29 heavy (non-hydrogen) atoms. The number of piperidine rings is 1. The van der Waals surface area contributed by atoms with Crippen LogP contribution in [0.4, 0.5) is 0 Å². The van der Waals surface area contributed by atoms with Crippen LogP contribution >= 0.6 is 0 Å². The van der Waals surface area contributed by atoms with Gasteiger partial charge >= 0.3 is 0 Å². The van der Waals surface area contributed by atoms with Crippen molar-refractivity contribution in [3.63, 3.8) is 0 Å². The van der Waals surface area contributed by atoms with E-state index in [1.165, 1.54) is 12.8 Å². The number of carbonyl (C=O) groups is 1. The van der Waals surface area contributed by atoms with E-state index in [0.29, 0.717) is 12.1 Å². The second kappa shape index (κ2) is 8.46. The standard InChI is InChI=1S/C24H30N2O3/c1-16-6-4-5-7-22(16)24(27)25-18-13-19-8-9-20(14-18)26(19)15-17-12-21(28-2)10-11-23(17)29-3/h4-7,10-12,18-20H,8-9,13-15H2,1-3H3,(H,25,27). The molecular formula is C24H30N2O3. The molecule has 2 aromatic rings. The van der Waals surface area contributed by atoms with Gasteiger partial charge in [-0.05, 0) is 62.4 Å². The van der Waals surface area contributed by atoms with Gasteiger partial charge in [-0.25, -0.2) is 0 Å². The Morgan fingerprint density at radius 2 is 1.79 bits per heavy atom. The lowest BCUT2D eigenvalue weighted by Crippen LogP contribution is -2.50. The average Bonchev–Trinajstić information content (AvgIpc) is 2.96. The number of fused-ring (bicyclic) bond motifs is 2. The van der Waals surface area contributed by atoms with E-state index in [4.69, 9.17) is 9.47 Å². The first-order valence-electron chi connectivity index (χ1n) is 10.4. The number of hydrogen-bond acceptors (Lipinski definition) is 4. The van der Waals surface area contributed by atoms with E-state index in [1.807, 2.05) is 43.3 Å². The Kier molecular flexibility index (Phi) is 5.76. The summed E-state index contributed by atoms with van der Waals surface area (Å²) >= 11 is 0. The van der Waals surface area contributed by atoms with Crippen molar-refractivity contribution in [3.05, 3.63) is 59.2 Å². The maximum atomic E-state index is 12.7. The molecule has 0 aliphatic carbocycles. The van der Waals surface area contributed by atoms with Crippen LogP contribution in [0.25, 0.3) is 0 Å². The minimum atomic E-state index is 0.0513. The first kappa shape index (κ1) is 19.8. The molecule has 1 amide bonds. The summed E-state index contributed by atoms with van der Waals surface area (Å²) in [7, 11) is 3.41. The highest BCUT2D eigenvalue weighted by atomic mass is 16.5. The topological polar surface area (TPSA) is 50.8 Å². The molecule has 2 aliphatic rings. The summed E-state index contributed by atoms with van der Waals surface area (Å²) in [6.07, 6.45) is 4.38. The van der Waals surface area contributed by atoms with Crippen molar-refractivity contribution >= 4 is 5.91 Å². The van der Waals surface area contributed by atoms with E-state index < -0.39 is 0 Å². The number of benzene rings is 2. The lowest BCUT2D eigenvalue weighted by Gasteiger charge is -2.39. The fourth-order valence-corrected chi connectivity index (χ4v) is 4.94. The molecule has 2 saturated heterocycles. The monoisotopic (exact) mass is 394 g/mol. The molecule has 2 aliphatic heterocycles. The van der Waals surface area contributed by atoms with Crippen LogP contribution in [-0.2, 0) is 6.54 Å². The van der Waals surface area contributed by atoms with Crippen molar-refractivity contribution < 1.29 is 14.3 Å². The van der Waals surface area contributed by atoms with E-state index in [0.717, 1.165) is 47.6 Å². The molecule has 1 N–H and O–H groups in total. The second-order valence-electron chi connectivity index (χ2n) is 8.19. The number of hydrogen-bond donors (Lipinski definition) is 1. The van der Waals surface area contributed by atoms with Crippen LogP contribution in [0.15, 0.2) is 42.5 Å². The molecule has 5 nitrogen and oxygen atoms in total. The fourth-order valence-electron chi connectivity index (χ4n) is 4.94. The summed E-state index contributed by atoms with van der Waals surface area (Å²) in [5, 5.41) is 3.29. The Morgan fingerprint density at radius 1 is 1.07 bits per heavy atom. The summed E-state index contributed by atoms with van der Waals surface area (Å²) in [6, 6.07) is 15.0. The predicted molar refractivity (Wildman–Crippen MR) is 114 cm³/mol.